The van der Waals surface area contributed by atoms with Gasteiger partial charge < -0.3 is 32.6 Å². The molecule has 0 aromatic rings. The highest BCUT2D eigenvalue weighted by molar-refractivity contribution is 7.81. The Labute approximate surface area is 173 Å². The Morgan fingerprint density at radius 2 is 1.70 bits per heavy atom. The molecule has 0 aliphatic heterocycles. The van der Waals surface area contributed by atoms with E-state index in [1.165, 1.54) is 0 Å². The van der Waals surface area contributed by atoms with E-state index < -0.39 is 19.5 Å². The predicted molar refractivity (Wildman–Crippen MR) is 113 cm³/mol. The molecule has 0 aromatic heterocycles. The van der Waals surface area contributed by atoms with Crippen LogP contribution >= 0.6 is 12.6 Å². The second-order valence-electron chi connectivity index (χ2n) is 7.24. The third-order valence-corrected chi connectivity index (χ3v) is 10.9. The van der Waals surface area contributed by atoms with Crippen LogP contribution < -0.4 is 0 Å². The molecule has 0 spiro atoms. The minimum atomic E-state index is -2.61. The van der Waals surface area contributed by atoms with Gasteiger partial charge in [-0.3, -0.25) is 0 Å². The maximum atomic E-state index is 10.8. The van der Waals surface area contributed by atoms with Gasteiger partial charge >= 0.3 is 8.80 Å². The number of thiol groups is 1. The zero-order chi connectivity index (χ0) is 20.7. The fourth-order valence-electron chi connectivity index (χ4n) is 4.32. The molecule has 0 amide bonds. The van der Waals surface area contributed by atoms with Crippen molar-refractivity contribution in [2.24, 2.45) is 11.8 Å². The van der Waals surface area contributed by atoms with Crippen molar-refractivity contribution in [3.05, 3.63) is 0 Å². The average molecular weight is 443 g/mol. The van der Waals surface area contributed by atoms with Gasteiger partial charge in [-0.25, -0.2) is 0 Å². The van der Waals surface area contributed by atoms with Gasteiger partial charge in [0.2, 0.25) is 0 Å². The molecule has 1 aliphatic rings. The van der Waals surface area contributed by atoms with E-state index >= 15 is 0 Å². The fourth-order valence-corrected chi connectivity index (χ4v) is 7.38. The molecule has 4 unspecified atom stereocenters. The van der Waals surface area contributed by atoms with Gasteiger partial charge in [0.05, 0.1) is 5.73 Å². The monoisotopic (exact) mass is 442 g/mol. The SMILES string of the molecule is COC([SiH3])C(OC)(OC)C1CCC(O)(S)C(CCC[Si](OC)(OC)OC)C1. The minimum absolute atomic E-state index is 0.00671. The molecule has 0 heterocycles. The van der Waals surface area contributed by atoms with Crippen LogP contribution in [-0.4, -0.2) is 83.3 Å². The number of ether oxygens (including phenoxy) is 3. The smallest absolute Gasteiger partial charge is 0.380 e. The van der Waals surface area contributed by atoms with Crippen LogP contribution in [0, 0.1) is 11.8 Å². The number of hydrogen-bond acceptors (Lipinski definition) is 8. The van der Waals surface area contributed by atoms with Crippen LogP contribution in [0.15, 0.2) is 0 Å². The van der Waals surface area contributed by atoms with Gasteiger partial charge in [0.1, 0.15) is 4.93 Å². The lowest BCUT2D eigenvalue weighted by atomic mass is 9.73. The summed E-state index contributed by atoms with van der Waals surface area (Å²) in [6.07, 6.45) is 3.73. The number of rotatable bonds is 12. The van der Waals surface area contributed by atoms with E-state index in [-0.39, 0.29) is 17.6 Å². The summed E-state index contributed by atoms with van der Waals surface area (Å²) in [4.78, 5) is -1.01. The van der Waals surface area contributed by atoms with Crippen LogP contribution in [0.4, 0.5) is 0 Å². The van der Waals surface area contributed by atoms with Crippen LogP contribution in [0.2, 0.25) is 6.04 Å². The van der Waals surface area contributed by atoms with Gasteiger partial charge in [0.25, 0.3) is 0 Å². The molecule has 0 saturated heterocycles. The first kappa shape index (κ1) is 25.5. The van der Waals surface area contributed by atoms with Crippen molar-refractivity contribution in [1.82, 2.24) is 0 Å². The highest BCUT2D eigenvalue weighted by Crippen LogP contribution is 2.47. The molecule has 162 valence electrons. The number of methoxy groups -OCH3 is 3. The molecule has 1 aliphatic carbocycles. The van der Waals surface area contributed by atoms with E-state index in [1.807, 2.05) is 0 Å². The zero-order valence-electron chi connectivity index (χ0n) is 17.8. The van der Waals surface area contributed by atoms with E-state index in [9.17, 15) is 5.11 Å². The van der Waals surface area contributed by atoms with Crippen molar-refractivity contribution in [2.75, 3.05) is 42.7 Å². The molecule has 0 radical (unpaired) electrons. The Bertz CT molecular complexity index is 425. The molecule has 4 atom stereocenters. The normalized spacial score (nSPS) is 28.4. The maximum absolute atomic E-state index is 10.8. The van der Waals surface area contributed by atoms with E-state index in [4.69, 9.17) is 27.5 Å². The Hall–Kier alpha value is 0.504. The first-order valence-corrected chi connectivity index (χ1v) is 13.0. The maximum Gasteiger partial charge on any atom is 0.500 e. The van der Waals surface area contributed by atoms with Crippen LogP contribution in [0.1, 0.15) is 32.1 Å². The van der Waals surface area contributed by atoms with Crippen molar-refractivity contribution in [2.45, 2.75) is 54.6 Å². The first-order chi connectivity index (χ1) is 12.7. The lowest BCUT2D eigenvalue weighted by molar-refractivity contribution is -0.283. The van der Waals surface area contributed by atoms with E-state index in [1.54, 1.807) is 42.7 Å². The second-order valence-corrected chi connectivity index (χ2v) is 12.2. The van der Waals surface area contributed by atoms with Crippen molar-refractivity contribution >= 4 is 31.7 Å². The van der Waals surface area contributed by atoms with Crippen molar-refractivity contribution in [3.63, 3.8) is 0 Å². The van der Waals surface area contributed by atoms with Gasteiger partial charge in [0, 0.05) is 64.9 Å². The lowest BCUT2D eigenvalue weighted by Gasteiger charge is -2.48. The summed E-state index contributed by atoms with van der Waals surface area (Å²) in [5.74, 6) is -0.651. The summed E-state index contributed by atoms with van der Waals surface area (Å²) in [5.41, 5.74) is -0.0974. The largest absolute Gasteiger partial charge is 0.500 e. The highest BCUT2D eigenvalue weighted by Gasteiger charge is 2.51. The lowest BCUT2D eigenvalue weighted by Crippen LogP contribution is -2.56. The summed E-state index contributed by atoms with van der Waals surface area (Å²) in [7, 11) is 8.04. The van der Waals surface area contributed by atoms with Gasteiger partial charge in [0.15, 0.2) is 5.79 Å². The van der Waals surface area contributed by atoms with Crippen LogP contribution in [0.3, 0.4) is 0 Å². The topological polar surface area (TPSA) is 75.6 Å². The summed E-state index contributed by atoms with van der Waals surface area (Å²) in [5, 5.41) is 10.8. The first-order valence-electron chi connectivity index (χ1n) is 9.44. The molecule has 10 heteroatoms. The molecule has 1 saturated carbocycles. The van der Waals surface area contributed by atoms with Gasteiger partial charge in [-0.05, 0) is 38.0 Å². The van der Waals surface area contributed by atoms with Gasteiger partial charge in [-0.15, -0.1) is 12.6 Å². The molecule has 7 nitrogen and oxygen atoms in total. The zero-order valence-corrected chi connectivity index (χ0v) is 21.7. The fraction of sp³-hybridized carbons (Fsp3) is 1.00. The third kappa shape index (κ3) is 5.77. The van der Waals surface area contributed by atoms with Crippen LogP contribution in [-0.2, 0) is 27.5 Å². The van der Waals surface area contributed by atoms with Crippen molar-refractivity contribution in [3.8, 4) is 0 Å². The third-order valence-electron chi connectivity index (χ3n) is 6.18. The van der Waals surface area contributed by atoms with Crippen LogP contribution in [0.5, 0.6) is 0 Å². The predicted octanol–water partition coefficient (Wildman–Crippen LogP) is 1.01. The van der Waals surface area contributed by atoms with Gasteiger partial charge in [-0.2, -0.15) is 0 Å². The molecule has 0 aromatic carbocycles. The Kier molecular flexibility index (Phi) is 10.4. The summed E-state index contributed by atoms with van der Waals surface area (Å²) in [6, 6.07) is 0.697. The van der Waals surface area contributed by atoms with E-state index in [2.05, 4.69) is 12.6 Å². The Morgan fingerprint density at radius 3 is 2.15 bits per heavy atom. The molecule has 1 rings (SSSR count). The summed E-state index contributed by atoms with van der Waals surface area (Å²) < 4.78 is 33.7. The second kappa shape index (κ2) is 11.0. The molecular formula is C17H38O7SSi2. The van der Waals surface area contributed by atoms with Crippen molar-refractivity contribution in [1.29, 1.82) is 0 Å². The molecule has 0 bridgehead atoms. The number of aliphatic hydroxyl groups is 1. The van der Waals surface area contributed by atoms with E-state index in [0.29, 0.717) is 12.5 Å². The highest BCUT2D eigenvalue weighted by atomic mass is 32.1. The molecule has 1 N–H and O–H groups in total. The molecule has 27 heavy (non-hydrogen) atoms. The average Bonchev–Trinajstić information content (AvgIpc) is 2.68. The minimum Gasteiger partial charge on any atom is -0.380 e. The van der Waals surface area contributed by atoms with Gasteiger partial charge in [-0.1, -0.05) is 0 Å². The Balaban J connectivity index is 2.86. The number of hydrogen-bond donors (Lipinski definition) is 2. The van der Waals surface area contributed by atoms with E-state index in [0.717, 1.165) is 35.9 Å². The van der Waals surface area contributed by atoms with Crippen LogP contribution in [0.25, 0.3) is 0 Å². The van der Waals surface area contributed by atoms with Crippen molar-refractivity contribution < 1.29 is 32.6 Å². The summed E-state index contributed by atoms with van der Waals surface area (Å²) in [6.45, 7) is 0. The quantitative estimate of drug-likeness (QED) is 0.265. The Morgan fingerprint density at radius 1 is 1.15 bits per heavy atom. The molecule has 1 fully saturated rings. The summed E-state index contributed by atoms with van der Waals surface area (Å²) >= 11 is 4.57. The standard InChI is InChI=1S/C17H38O7SSi2/c1-19-15(26)17(20-2,21-3)14-9-10-16(18,25)13(12-14)8-7-11-27(22-4,23-5)24-6/h13-15,18,25H,7-12H2,1-6,26H3. The molecular weight excluding hydrogens is 404 g/mol.